The van der Waals surface area contributed by atoms with E-state index < -0.39 is 0 Å². The van der Waals surface area contributed by atoms with Gasteiger partial charge in [-0.15, -0.1) is 0 Å². The quantitative estimate of drug-likeness (QED) is 0.791. The highest BCUT2D eigenvalue weighted by molar-refractivity contribution is 9.10. The zero-order chi connectivity index (χ0) is 15.4. The molecule has 0 aromatic carbocycles. The van der Waals surface area contributed by atoms with E-state index in [9.17, 15) is 4.79 Å². The predicted molar refractivity (Wildman–Crippen MR) is 84.5 cm³/mol. The van der Waals surface area contributed by atoms with Crippen molar-refractivity contribution in [2.75, 3.05) is 6.54 Å². The first kappa shape index (κ1) is 16.0. The number of halogens is 2. The van der Waals surface area contributed by atoms with Crippen molar-refractivity contribution in [1.82, 2.24) is 24.9 Å². The summed E-state index contributed by atoms with van der Waals surface area (Å²) in [5.74, 6) is -0.129. The van der Waals surface area contributed by atoms with Crippen LogP contribution in [-0.4, -0.2) is 32.0 Å². The number of nitrogens with zero attached hydrogens (tertiary/aromatic N) is 4. The summed E-state index contributed by atoms with van der Waals surface area (Å²) in [6.07, 6.45) is 4.20. The first-order chi connectivity index (χ1) is 10.0. The molecule has 114 valence electrons. The lowest BCUT2D eigenvalue weighted by Crippen LogP contribution is -2.28. The van der Waals surface area contributed by atoms with Crippen molar-refractivity contribution in [3.63, 3.8) is 0 Å². The third-order valence-corrected chi connectivity index (χ3v) is 4.00. The molecule has 0 unspecified atom stereocenters. The molecule has 0 aliphatic rings. The SMILES string of the molecule is CCn1ncc(Br)c1C(=O)NCCCn1cc(Cl)c(C)n1. The average Bonchev–Trinajstić information content (AvgIpc) is 2.98. The second-order valence-electron chi connectivity index (χ2n) is 4.59. The van der Waals surface area contributed by atoms with E-state index in [1.807, 2.05) is 13.8 Å². The molecular formula is C13H17BrClN5O. The Kier molecular flexibility index (Phi) is 5.41. The van der Waals surface area contributed by atoms with Gasteiger partial charge in [-0.25, -0.2) is 0 Å². The van der Waals surface area contributed by atoms with Gasteiger partial charge in [-0.2, -0.15) is 10.2 Å². The van der Waals surface area contributed by atoms with Crippen LogP contribution in [0.5, 0.6) is 0 Å². The van der Waals surface area contributed by atoms with Gasteiger partial charge in [0.15, 0.2) is 0 Å². The fourth-order valence-corrected chi connectivity index (χ4v) is 2.59. The van der Waals surface area contributed by atoms with Crippen LogP contribution in [0.25, 0.3) is 0 Å². The van der Waals surface area contributed by atoms with E-state index in [0.717, 1.165) is 12.1 Å². The van der Waals surface area contributed by atoms with Crippen molar-refractivity contribution in [2.24, 2.45) is 0 Å². The molecular weight excluding hydrogens is 358 g/mol. The van der Waals surface area contributed by atoms with Gasteiger partial charge < -0.3 is 5.32 Å². The Balaban J connectivity index is 1.83. The van der Waals surface area contributed by atoms with Gasteiger partial charge in [0.05, 0.1) is 21.4 Å². The second-order valence-corrected chi connectivity index (χ2v) is 5.85. The summed E-state index contributed by atoms with van der Waals surface area (Å²) >= 11 is 9.29. The van der Waals surface area contributed by atoms with E-state index in [1.165, 1.54) is 0 Å². The highest BCUT2D eigenvalue weighted by Crippen LogP contribution is 2.15. The maximum absolute atomic E-state index is 12.1. The molecule has 2 heterocycles. The summed E-state index contributed by atoms with van der Waals surface area (Å²) in [5, 5.41) is 11.9. The van der Waals surface area contributed by atoms with E-state index in [4.69, 9.17) is 11.6 Å². The number of hydrogen-bond donors (Lipinski definition) is 1. The minimum absolute atomic E-state index is 0.129. The lowest BCUT2D eigenvalue weighted by molar-refractivity contribution is 0.0941. The summed E-state index contributed by atoms with van der Waals surface area (Å²) in [7, 11) is 0. The van der Waals surface area contributed by atoms with Gasteiger partial charge >= 0.3 is 0 Å². The molecule has 0 saturated heterocycles. The van der Waals surface area contributed by atoms with E-state index in [1.54, 1.807) is 21.8 Å². The molecule has 0 atom stereocenters. The van der Waals surface area contributed by atoms with Crippen molar-refractivity contribution in [1.29, 1.82) is 0 Å². The third-order valence-electron chi connectivity index (χ3n) is 3.05. The van der Waals surface area contributed by atoms with Gasteiger partial charge in [0, 0.05) is 25.8 Å². The Hall–Kier alpha value is -1.34. The van der Waals surface area contributed by atoms with Gasteiger partial charge in [0.1, 0.15) is 5.69 Å². The molecule has 0 aliphatic heterocycles. The van der Waals surface area contributed by atoms with Crippen LogP contribution in [0.15, 0.2) is 16.9 Å². The first-order valence-electron chi connectivity index (χ1n) is 6.72. The van der Waals surface area contributed by atoms with Crippen LogP contribution in [0.2, 0.25) is 5.02 Å². The second kappa shape index (κ2) is 7.09. The number of rotatable bonds is 6. The fraction of sp³-hybridized carbons (Fsp3) is 0.462. The monoisotopic (exact) mass is 373 g/mol. The maximum Gasteiger partial charge on any atom is 0.270 e. The number of amides is 1. The molecule has 8 heteroatoms. The van der Waals surface area contributed by atoms with Crippen LogP contribution in [0.4, 0.5) is 0 Å². The van der Waals surface area contributed by atoms with Crippen LogP contribution < -0.4 is 5.32 Å². The molecule has 0 bridgehead atoms. The van der Waals surface area contributed by atoms with E-state index >= 15 is 0 Å². The average molecular weight is 375 g/mol. The lowest BCUT2D eigenvalue weighted by Gasteiger charge is -2.07. The van der Waals surface area contributed by atoms with Crippen molar-refractivity contribution in [2.45, 2.75) is 33.4 Å². The number of hydrogen-bond acceptors (Lipinski definition) is 3. The van der Waals surface area contributed by atoms with Gasteiger partial charge in [0.2, 0.25) is 0 Å². The summed E-state index contributed by atoms with van der Waals surface area (Å²) in [6.45, 7) is 5.74. The van der Waals surface area contributed by atoms with Crippen LogP contribution in [0, 0.1) is 6.92 Å². The Morgan fingerprint density at radius 2 is 2.29 bits per heavy atom. The van der Waals surface area contributed by atoms with Crippen molar-refractivity contribution in [3.8, 4) is 0 Å². The third kappa shape index (κ3) is 3.85. The minimum atomic E-state index is -0.129. The smallest absolute Gasteiger partial charge is 0.270 e. The zero-order valence-electron chi connectivity index (χ0n) is 11.9. The van der Waals surface area contributed by atoms with Gasteiger partial charge in [-0.05, 0) is 36.2 Å². The van der Waals surface area contributed by atoms with Gasteiger partial charge in [-0.1, -0.05) is 11.6 Å². The Labute approximate surface area is 136 Å². The Morgan fingerprint density at radius 3 is 2.90 bits per heavy atom. The first-order valence-corrected chi connectivity index (χ1v) is 7.89. The van der Waals surface area contributed by atoms with Gasteiger partial charge in [0.25, 0.3) is 5.91 Å². The maximum atomic E-state index is 12.1. The topological polar surface area (TPSA) is 64.7 Å². The number of aromatic nitrogens is 4. The normalized spacial score (nSPS) is 10.9. The molecule has 2 aromatic heterocycles. The predicted octanol–water partition coefficient (Wildman–Crippen LogP) is 2.64. The van der Waals surface area contributed by atoms with Crippen LogP contribution in [0.1, 0.15) is 29.5 Å². The largest absolute Gasteiger partial charge is 0.351 e. The van der Waals surface area contributed by atoms with Crippen LogP contribution in [0.3, 0.4) is 0 Å². The number of carbonyl (C=O) groups is 1. The highest BCUT2D eigenvalue weighted by Gasteiger charge is 2.15. The molecule has 0 fully saturated rings. The standard InChI is InChI=1S/C13H17BrClN5O/c1-3-20-12(10(14)7-17-20)13(21)16-5-4-6-19-8-11(15)9(2)18-19/h7-8H,3-6H2,1-2H3,(H,16,21). The molecule has 6 nitrogen and oxygen atoms in total. The molecule has 0 spiro atoms. The molecule has 2 rings (SSSR count). The summed E-state index contributed by atoms with van der Waals surface area (Å²) in [5.41, 5.74) is 1.37. The Morgan fingerprint density at radius 1 is 1.52 bits per heavy atom. The van der Waals surface area contributed by atoms with E-state index in [-0.39, 0.29) is 5.91 Å². The van der Waals surface area contributed by atoms with E-state index in [2.05, 4.69) is 31.4 Å². The number of carbonyl (C=O) groups excluding carboxylic acids is 1. The van der Waals surface area contributed by atoms with Crippen LogP contribution in [-0.2, 0) is 13.1 Å². The van der Waals surface area contributed by atoms with Crippen molar-refractivity contribution >= 4 is 33.4 Å². The number of nitrogens with one attached hydrogen (secondary N) is 1. The molecule has 21 heavy (non-hydrogen) atoms. The van der Waals surface area contributed by atoms with Gasteiger partial charge in [-0.3, -0.25) is 14.2 Å². The lowest BCUT2D eigenvalue weighted by atomic mass is 10.3. The fourth-order valence-electron chi connectivity index (χ4n) is 1.96. The molecule has 2 aromatic rings. The summed E-state index contributed by atoms with van der Waals surface area (Å²) < 4.78 is 4.16. The van der Waals surface area contributed by atoms with Crippen molar-refractivity contribution < 1.29 is 4.79 Å². The van der Waals surface area contributed by atoms with Crippen molar-refractivity contribution in [3.05, 3.63) is 33.3 Å². The summed E-state index contributed by atoms with van der Waals surface area (Å²) in [4.78, 5) is 12.1. The molecule has 1 amide bonds. The molecule has 0 saturated carbocycles. The van der Waals surface area contributed by atoms with Crippen LogP contribution >= 0.6 is 27.5 Å². The molecule has 1 N–H and O–H groups in total. The molecule has 0 aliphatic carbocycles. The highest BCUT2D eigenvalue weighted by atomic mass is 79.9. The molecule has 0 radical (unpaired) electrons. The Bertz CT molecular complexity index is 617. The number of aryl methyl sites for hydroxylation is 3. The van der Waals surface area contributed by atoms with E-state index in [0.29, 0.717) is 34.8 Å². The zero-order valence-corrected chi connectivity index (χ0v) is 14.3. The minimum Gasteiger partial charge on any atom is -0.351 e. The summed E-state index contributed by atoms with van der Waals surface area (Å²) in [6, 6.07) is 0.